The van der Waals surface area contributed by atoms with Gasteiger partial charge in [-0.25, -0.2) is 9.78 Å². The maximum Gasteiger partial charge on any atom is 0.319 e. The van der Waals surface area contributed by atoms with Gasteiger partial charge in [-0.3, -0.25) is 0 Å². The Kier molecular flexibility index (Phi) is 6.85. The number of hydrogen-bond donors (Lipinski definition) is 3. The molecule has 2 aromatic rings. The van der Waals surface area contributed by atoms with Crippen molar-refractivity contribution < 1.29 is 14.3 Å². The van der Waals surface area contributed by atoms with Gasteiger partial charge in [-0.05, 0) is 19.1 Å². The Bertz CT molecular complexity index is 795. The lowest BCUT2D eigenvalue weighted by Crippen LogP contribution is -2.37. The number of morpholine rings is 1. The van der Waals surface area contributed by atoms with Gasteiger partial charge in [0.15, 0.2) is 0 Å². The number of carbonyl (C=O) groups excluding carboxylic acids is 1. The summed E-state index contributed by atoms with van der Waals surface area (Å²) in [5.41, 5.74) is 1.51. The maximum absolute atomic E-state index is 12.1. The summed E-state index contributed by atoms with van der Waals surface area (Å²) >= 11 is 0. The van der Waals surface area contributed by atoms with Gasteiger partial charge in [0.05, 0.1) is 26.0 Å². The summed E-state index contributed by atoms with van der Waals surface area (Å²) in [6, 6.07) is 8.92. The zero-order valence-corrected chi connectivity index (χ0v) is 16.2. The van der Waals surface area contributed by atoms with Gasteiger partial charge in [0.25, 0.3) is 0 Å². The number of para-hydroxylation sites is 2. The normalized spacial score (nSPS) is 13.7. The van der Waals surface area contributed by atoms with Crippen molar-refractivity contribution >= 4 is 23.5 Å². The number of benzene rings is 1. The minimum Gasteiger partial charge on any atom is -0.495 e. The first-order chi connectivity index (χ1) is 13.7. The molecule has 28 heavy (non-hydrogen) atoms. The van der Waals surface area contributed by atoms with Crippen LogP contribution >= 0.6 is 0 Å². The first-order valence-corrected chi connectivity index (χ1v) is 9.26. The number of carbonyl (C=O) groups is 1. The molecular formula is C19H26N6O3. The molecule has 0 aliphatic carbocycles. The zero-order chi connectivity index (χ0) is 19.8. The van der Waals surface area contributed by atoms with Crippen LogP contribution in [0.4, 0.5) is 22.2 Å². The van der Waals surface area contributed by atoms with Gasteiger partial charge in [0, 0.05) is 37.9 Å². The lowest BCUT2D eigenvalue weighted by atomic mass is 10.3. The fourth-order valence-corrected chi connectivity index (χ4v) is 2.85. The van der Waals surface area contributed by atoms with E-state index in [-0.39, 0.29) is 6.03 Å². The lowest BCUT2D eigenvalue weighted by molar-refractivity contribution is 0.122. The number of amides is 2. The summed E-state index contributed by atoms with van der Waals surface area (Å²) < 4.78 is 10.6. The number of methoxy groups -OCH3 is 1. The van der Waals surface area contributed by atoms with Crippen LogP contribution in [0.5, 0.6) is 5.75 Å². The first-order valence-electron chi connectivity index (χ1n) is 9.26. The third-order valence-corrected chi connectivity index (χ3v) is 4.22. The zero-order valence-electron chi connectivity index (χ0n) is 16.2. The van der Waals surface area contributed by atoms with Crippen LogP contribution in [0.3, 0.4) is 0 Å². The van der Waals surface area contributed by atoms with Gasteiger partial charge < -0.3 is 30.3 Å². The van der Waals surface area contributed by atoms with Gasteiger partial charge in [-0.1, -0.05) is 12.1 Å². The van der Waals surface area contributed by atoms with Crippen molar-refractivity contribution in [1.29, 1.82) is 0 Å². The van der Waals surface area contributed by atoms with Crippen LogP contribution in [0.25, 0.3) is 0 Å². The summed E-state index contributed by atoms with van der Waals surface area (Å²) in [6.07, 6.45) is 0. The Morgan fingerprint density at radius 1 is 1.21 bits per heavy atom. The van der Waals surface area contributed by atoms with E-state index < -0.39 is 0 Å². The molecule has 0 bridgehead atoms. The molecule has 9 nitrogen and oxygen atoms in total. The van der Waals surface area contributed by atoms with Crippen molar-refractivity contribution in [2.24, 2.45) is 0 Å². The molecule has 1 aromatic heterocycles. The molecule has 3 rings (SSSR count). The summed E-state index contributed by atoms with van der Waals surface area (Å²) in [6.45, 7) is 5.92. The standard InChI is InChI=1S/C19H26N6O3/c1-14-13-17(25-9-11-28-12-10-25)24-18(22-14)20-7-8-21-19(26)23-15-5-3-4-6-16(15)27-2/h3-6,13H,7-12H2,1-2H3,(H,20,22,24)(H2,21,23,26). The first kappa shape index (κ1) is 19.7. The van der Waals surface area contributed by atoms with Crippen molar-refractivity contribution in [2.45, 2.75) is 6.92 Å². The number of aryl methyl sites for hydroxylation is 1. The summed E-state index contributed by atoms with van der Waals surface area (Å²) in [4.78, 5) is 23.2. The predicted molar refractivity (Wildman–Crippen MR) is 108 cm³/mol. The Balaban J connectivity index is 1.47. The number of nitrogens with one attached hydrogen (secondary N) is 3. The third-order valence-electron chi connectivity index (χ3n) is 4.22. The number of rotatable bonds is 7. The third kappa shape index (κ3) is 5.46. The van der Waals surface area contributed by atoms with Crippen molar-refractivity contribution in [3.63, 3.8) is 0 Å². The Morgan fingerprint density at radius 2 is 2.00 bits per heavy atom. The van der Waals surface area contributed by atoms with E-state index >= 15 is 0 Å². The molecular weight excluding hydrogens is 360 g/mol. The number of aromatic nitrogens is 2. The summed E-state index contributed by atoms with van der Waals surface area (Å²) in [5, 5.41) is 8.72. The summed E-state index contributed by atoms with van der Waals surface area (Å²) in [5.74, 6) is 2.05. The van der Waals surface area contributed by atoms with Gasteiger partial charge in [0.2, 0.25) is 5.95 Å². The Labute approximate surface area is 164 Å². The average molecular weight is 386 g/mol. The van der Waals surface area contributed by atoms with Crippen molar-refractivity contribution in [1.82, 2.24) is 15.3 Å². The molecule has 1 saturated heterocycles. The second-order valence-electron chi connectivity index (χ2n) is 6.30. The molecule has 1 aliphatic heterocycles. The minimum atomic E-state index is -0.300. The van der Waals surface area contributed by atoms with E-state index in [1.807, 2.05) is 25.1 Å². The maximum atomic E-state index is 12.1. The van der Waals surface area contributed by atoms with Crippen LogP contribution in [0, 0.1) is 6.92 Å². The van der Waals surface area contributed by atoms with Crippen LogP contribution in [0.1, 0.15) is 5.69 Å². The molecule has 0 spiro atoms. The molecule has 0 radical (unpaired) electrons. The molecule has 3 N–H and O–H groups in total. The Hall–Kier alpha value is -3.07. The highest BCUT2D eigenvalue weighted by atomic mass is 16.5. The van der Waals surface area contributed by atoms with Crippen molar-refractivity contribution in [2.75, 3.05) is 62.0 Å². The Morgan fingerprint density at radius 3 is 2.79 bits per heavy atom. The highest BCUT2D eigenvalue weighted by Gasteiger charge is 2.14. The van der Waals surface area contributed by atoms with Gasteiger partial charge in [0.1, 0.15) is 11.6 Å². The molecule has 0 saturated carbocycles. The van der Waals surface area contributed by atoms with E-state index in [4.69, 9.17) is 9.47 Å². The van der Waals surface area contributed by atoms with E-state index in [9.17, 15) is 4.79 Å². The predicted octanol–water partition coefficient (Wildman–Crippen LogP) is 1.86. The number of hydrogen-bond acceptors (Lipinski definition) is 7. The molecule has 0 atom stereocenters. The number of nitrogens with zero attached hydrogens (tertiary/aromatic N) is 3. The SMILES string of the molecule is COc1ccccc1NC(=O)NCCNc1nc(C)cc(N2CCOCC2)n1. The van der Waals surface area contributed by atoms with E-state index in [0.717, 1.165) is 24.6 Å². The monoisotopic (exact) mass is 386 g/mol. The molecule has 9 heteroatoms. The van der Waals surface area contributed by atoms with E-state index in [1.54, 1.807) is 19.2 Å². The van der Waals surface area contributed by atoms with E-state index in [1.165, 1.54) is 0 Å². The van der Waals surface area contributed by atoms with Crippen LogP contribution in [0.2, 0.25) is 0 Å². The number of anilines is 3. The smallest absolute Gasteiger partial charge is 0.319 e. The molecule has 2 heterocycles. The largest absolute Gasteiger partial charge is 0.495 e. The van der Waals surface area contributed by atoms with Crippen LogP contribution in [0.15, 0.2) is 30.3 Å². The van der Waals surface area contributed by atoms with Gasteiger partial charge >= 0.3 is 6.03 Å². The number of ether oxygens (including phenoxy) is 2. The molecule has 2 amide bonds. The molecule has 1 fully saturated rings. The highest BCUT2D eigenvalue weighted by molar-refractivity contribution is 5.90. The van der Waals surface area contributed by atoms with Crippen molar-refractivity contribution in [3.05, 3.63) is 36.0 Å². The van der Waals surface area contributed by atoms with Crippen LogP contribution in [-0.2, 0) is 4.74 Å². The fraction of sp³-hybridized carbons (Fsp3) is 0.421. The highest BCUT2D eigenvalue weighted by Crippen LogP contribution is 2.22. The van der Waals surface area contributed by atoms with E-state index in [2.05, 4.69) is 30.8 Å². The van der Waals surface area contributed by atoms with Crippen LogP contribution in [-0.4, -0.2) is 62.5 Å². The van der Waals surface area contributed by atoms with Gasteiger partial charge in [-0.2, -0.15) is 4.98 Å². The topological polar surface area (TPSA) is 101 Å². The quantitative estimate of drug-likeness (QED) is 0.625. The van der Waals surface area contributed by atoms with Crippen molar-refractivity contribution in [3.8, 4) is 5.75 Å². The molecule has 1 aromatic carbocycles. The van der Waals surface area contributed by atoms with Crippen LogP contribution < -0.4 is 25.6 Å². The van der Waals surface area contributed by atoms with Gasteiger partial charge in [-0.15, -0.1) is 0 Å². The molecule has 150 valence electrons. The number of urea groups is 1. The lowest BCUT2D eigenvalue weighted by Gasteiger charge is -2.28. The minimum absolute atomic E-state index is 0.300. The van der Waals surface area contributed by atoms with E-state index in [0.29, 0.717) is 43.7 Å². The second kappa shape index (κ2) is 9.75. The fourth-order valence-electron chi connectivity index (χ4n) is 2.85. The molecule has 0 unspecified atom stereocenters. The average Bonchev–Trinajstić information content (AvgIpc) is 2.72. The second-order valence-corrected chi connectivity index (χ2v) is 6.30. The summed E-state index contributed by atoms with van der Waals surface area (Å²) in [7, 11) is 1.56. The molecule has 1 aliphatic rings.